The van der Waals surface area contributed by atoms with Crippen LogP contribution in [0.25, 0.3) is 0 Å². The number of carbonyl (C=O) groups excluding carboxylic acids is 3. The smallest absolute Gasteiger partial charge is 0.223 e. The molecule has 0 unspecified atom stereocenters. The number of likely N-dealkylation sites (tertiary alicyclic amines) is 1. The summed E-state index contributed by atoms with van der Waals surface area (Å²) < 4.78 is 0. The van der Waals surface area contributed by atoms with Crippen molar-refractivity contribution in [2.45, 2.75) is 51.1 Å². The fraction of sp³-hybridized carbons (Fsp3) is 0.500. The Bertz CT molecular complexity index is 530. The zero-order valence-electron chi connectivity index (χ0n) is 13.4. The van der Waals surface area contributed by atoms with E-state index in [0.29, 0.717) is 38.8 Å². The number of nitrogens with one attached hydrogen (secondary N) is 1. The van der Waals surface area contributed by atoms with E-state index in [1.807, 2.05) is 30.3 Å². The number of benzene rings is 1. The molecule has 1 aromatic carbocycles. The Morgan fingerprint density at radius 2 is 1.91 bits per heavy atom. The molecule has 2 amide bonds. The monoisotopic (exact) mass is 316 g/mol. The normalized spacial score (nSPS) is 17.0. The maximum atomic E-state index is 12.0. The third-order valence-corrected chi connectivity index (χ3v) is 4.15. The van der Waals surface area contributed by atoms with Crippen LogP contribution in [0, 0.1) is 0 Å². The maximum Gasteiger partial charge on any atom is 0.223 e. The van der Waals surface area contributed by atoms with Crippen molar-refractivity contribution in [1.29, 1.82) is 0 Å². The van der Waals surface area contributed by atoms with Crippen LogP contribution in [-0.2, 0) is 20.9 Å². The van der Waals surface area contributed by atoms with Gasteiger partial charge in [-0.2, -0.15) is 0 Å². The summed E-state index contributed by atoms with van der Waals surface area (Å²) >= 11 is 0. The van der Waals surface area contributed by atoms with Gasteiger partial charge in [0.1, 0.15) is 6.29 Å². The summed E-state index contributed by atoms with van der Waals surface area (Å²) in [6, 6.07) is 9.53. The highest BCUT2D eigenvalue weighted by atomic mass is 16.2. The molecule has 1 saturated heterocycles. The first kappa shape index (κ1) is 17.2. The van der Waals surface area contributed by atoms with Crippen LogP contribution in [0.5, 0.6) is 0 Å². The van der Waals surface area contributed by atoms with Crippen molar-refractivity contribution in [3.05, 3.63) is 35.9 Å². The van der Waals surface area contributed by atoms with E-state index in [1.165, 1.54) is 0 Å². The van der Waals surface area contributed by atoms with Gasteiger partial charge in [0.25, 0.3) is 0 Å². The van der Waals surface area contributed by atoms with Crippen LogP contribution in [-0.4, -0.2) is 35.6 Å². The molecular formula is C18H24N2O3. The highest BCUT2D eigenvalue weighted by Crippen LogP contribution is 2.17. The van der Waals surface area contributed by atoms with E-state index in [0.717, 1.165) is 24.7 Å². The van der Waals surface area contributed by atoms with E-state index in [-0.39, 0.29) is 17.9 Å². The van der Waals surface area contributed by atoms with Crippen molar-refractivity contribution in [3.63, 3.8) is 0 Å². The summed E-state index contributed by atoms with van der Waals surface area (Å²) in [5.41, 5.74) is 1.07. The summed E-state index contributed by atoms with van der Waals surface area (Å²) in [4.78, 5) is 36.4. The van der Waals surface area contributed by atoms with Crippen molar-refractivity contribution < 1.29 is 14.4 Å². The van der Waals surface area contributed by atoms with Crippen LogP contribution in [0.3, 0.4) is 0 Å². The minimum absolute atomic E-state index is 0.00763. The van der Waals surface area contributed by atoms with Crippen LogP contribution >= 0.6 is 0 Å². The minimum atomic E-state index is -0.239. The summed E-state index contributed by atoms with van der Waals surface area (Å²) in [5.74, 6) is 0.0394. The van der Waals surface area contributed by atoms with Crippen LogP contribution in [0.1, 0.15) is 44.1 Å². The topological polar surface area (TPSA) is 66.5 Å². The van der Waals surface area contributed by atoms with Gasteiger partial charge >= 0.3 is 0 Å². The van der Waals surface area contributed by atoms with Gasteiger partial charge in [0.05, 0.1) is 6.04 Å². The molecule has 1 aromatic rings. The molecule has 1 heterocycles. The minimum Gasteiger partial charge on any atom is -0.352 e. The standard InChI is InChI=1S/C18H24N2O3/c21-14-16-9-6-12-20(16)18(23)11-5-4-10-17(22)19-13-15-7-2-1-3-8-15/h1-3,7-8,14,16H,4-6,9-13H2,(H,19,22)/t16-/m0/s1. The summed E-state index contributed by atoms with van der Waals surface area (Å²) in [6.45, 7) is 1.22. The van der Waals surface area contributed by atoms with Crippen molar-refractivity contribution in [1.82, 2.24) is 10.2 Å². The molecule has 0 aromatic heterocycles. The van der Waals surface area contributed by atoms with Gasteiger partial charge in [-0.15, -0.1) is 0 Å². The van der Waals surface area contributed by atoms with E-state index in [9.17, 15) is 14.4 Å². The predicted octanol–water partition coefficient (Wildman–Crippen LogP) is 2.05. The molecule has 0 spiro atoms. The summed E-state index contributed by atoms with van der Waals surface area (Å²) in [5, 5.41) is 2.88. The largest absolute Gasteiger partial charge is 0.352 e. The summed E-state index contributed by atoms with van der Waals surface area (Å²) in [7, 11) is 0. The number of amides is 2. The van der Waals surface area contributed by atoms with Gasteiger partial charge < -0.3 is 15.0 Å². The van der Waals surface area contributed by atoms with Gasteiger partial charge in [-0.1, -0.05) is 30.3 Å². The van der Waals surface area contributed by atoms with Crippen LogP contribution in [0.2, 0.25) is 0 Å². The lowest BCUT2D eigenvalue weighted by atomic mass is 10.1. The Balaban J connectivity index is 1.58. The first-order valence-corrected chi connectivity index (χ1v) is 8.26. The molecule has 5 nitrogen and oxygen atoms in total. The lowest BCUT2D eigenvalue weighted by molar-refractivity contribution is -0.134. The molecular weight excluding hydrogens is 292 g/mol. The second kappa shape index (κ2) is 9.08. The maximum absolute atomic E-state index is 12.0. The Kier molecular flexibility index (Phi) is 6.78. The quantitative estimate of drug-likeness (QED) is 0.589. The van der Waals surface area contributed by atoms with Gasteiger partial charge in [-0.25, -0.2) is 0 Å². The Labute approximate surface area is 137 Å². The van der Waals surface area contributed by atoms with Crippen molar-refractivity contribution in [3.8, 4) is 0 Å². The van der Waals surface area contributed by atoms with E-state index < -0.39 is 0 Å². The number of hydrogen-bond donors (Lipinski definition) is 1. The SMILES string of the molecule is O=C[C@@H]1CCCN1C(=O)CCCCC(=O)NCc1ccccc1. The van der Waals surface area contributed by atoms with Crippen molar-refractivity contribution in [2.24, 2.45) is 0 Å². The predicted molar refractivity (Wildman–Crippen MR) is 87.6 cm³/mol. The van der Waals surface area contributed by atoms with E-state index in [4.69, 9.17) is 0 Å². The van der Waals surface area contributed by atoms with Crippen LogP contribution < -0.4 is 5.32 Å². The average molecular weight is 316 g/mol. The first-order valence-electron chi connectivity index (χ1n) is 8.26. The first-order chi connectivity index (χ1) is 11.2. The zero-order valence-corrected chi connectivity index (χ0v) is 13.4. The van der Waals surface area contributed by atoms with Crippen molar-refractivity contribution >= 4 is 18.1 Å². The molecule has 23 heavy (non-hydrogen) atoms. The van der Waals surface area contributed by atoms with Gasteiger partial charge in [-0.05, 0) is 31.2 Å². The molecule has 2 rings (SSSR count). The van der Waals surface area contributed by atoms with Gasteiger partial charge in [0, 0.05) is 25.9 Å². The number of carbonyl (C=O) groups is 3. The average Bonchev–Trinajstić information content (AvgIpc) is 3.06. The molecule has 1 aliphatic heterocycles. The third kappa shape index (κ3) is 5.51. The molecule has 0 bridgehead atoms. The van der Waals surface area contributed by atoms with Gasteiger partial charge in [-0.3, -0.25) is 9.59 Å². The van der Waals surface area contributed by atoms with Crippen LogP contribution in [0.15, 0.2) is 30.3 Å². The number of nitrogens with zero attached hydrogens (tertiary/aromatic N) is 1. The van der Waals surface area contributed by atoms with E-state index in [2.05, 4.69) is 5.32 Å². The highest BCUT2D eigenvalue weighted by Gasteiger charge is 2.27. The molecule has 1 atom stereocenters. The molecule has 1 fully saturated rings. The number of unbranched alkanes of at least 4 members (excludes halogenated alkanes) is 1. The number of aldehydes is 1. The third-order valence-electron chi connectivity index (χ3n) is 4.15. The Hall–Kier alpha value is -2.17. The molecule has 1 N–H and O–H groups in total. The molecule has 5 heteroatoms. The molecule has 1 aliphatic rings. The van der Waals surface area contributed by atoms with E-state index >= 15 is 0 Å². The summed E-state index contributed by atoms with van der Waals surface area (Å²) in [6.07, 6.45) is 4.75. The highest BCUT2D eigenvalue weighted by molar-refractivity contribution is 5.80. The molecule has 124 valence electrons. The molecule has 0 radical (unpaired) electrons. The second-order valence-corrected chi connectivity index (χ2v) is 5.90. The Morgan fingerprint density at radius 3 is 2.65 bits per heavy atom. The fourth-order valence-corrected chi connectivity index (χ4v) is 2.83. The van der Waals surface area contributed by atoms with Crippen molar-refractivity contribution in [2.75, 3.05) is 6.54 Å². The van der Waals surface area contributed by atoms with Gasteiger partial charge in [0.15, 0.2) is 0 Å². The molecule has 0 aliphatic carbocycles. The Morgan fingerprint density at radius 1 is 1.17 bits per heavy atom. The van der Waals surface area contributed by atoms with Gasteiger partial charge in [0.2, 0.25) is 11.8 Å². The molecule has 0 saturated carbocycles. The lowest BCUT2D eigenvalue weighted by Crippen LogP contribution is -2.36. The zero-order chi connectivity index (χ0) is 16.5. The lowest BCUT2D eigenvalue weighted by Gasteiger charge is -2.20. The fourth-order valence-electron chi connectivity index (χ4n) is 2.83. The van der Waals surface area contributed by atoms with E-state index in [1.54, 1.807) is 4.90 Å². The van der Waals surface area contributed by atoms with Crippen LogP contribution in [0.4, 0.5) is 0 Å². The second-order valence-electron chi connectivity index (χ2n) is 5.90. The number of hydrogen-bond acceptors (Lipinski definition) is 3. The number of rotatable bonds is 8.